The van der Waals surface area contributed by atoms with Crippen LogP contribution >= 0.6 is 0 Å². The molecule has 0 radical (unpaired) electrons. The quantitative estimate of drug-likeness (QED) is 0.118. The Morgan fingerprint density at radius 1 is 0.625 bits per heavy atom. The average Bonchev–Trinajstić information content (AvgIpc) is 2.80. The molecule has 0 saturated carbocycles. The lowest BCUT2D eigenvalue weighted by atomic mass is 10.1. The molecule has 5 heteroatoms. The third-order valence-corrected chi connectivity index (χ3v) is 5.40. The van der Waals surface area contributed by atoms with Gasteiger partial charge in [0.1, 0.15) is 0 Å². The topological polar surface area (TPSA) is 56.8 Å². The molecule has 1 N–H and O–H groups in total. The smallest absolute Gasteiger partial charge is 0.219 e. The zero-order valence-corrected chi connectivity index (χ0v) is 21.3. The van der Waals surface area contributed by atoms with E-state index in [1.807, 2.05) is 6.92 Å². The molecular weight excluding hydrogens is 402 g/mol. The van der Waals surface area contributed by atoms with Gasteiger partial charge < -0.3 is 19.5 Å². The van der Waals surface area contributed by atoms with Gasteiger partial charge in [-0.2, -0.15) is 0 Å². The molecule has 190 valence electrons. The lowest BCUT2D eigenvalue weighted by Gasteiger charge is -2.07. The number of amides is 1. The number of ether oxygens (including phenoxy) is 3. The van der Waals surface area contributed by atoms with Gasteiger partial charge in [0.05, 0.1) is 26.4 Å². The van der Waals surface area contributed by atoms with E-state index in [1.54, 1.807) is 0 Å². The van der Waals surface area contributed by atoms with Crippen molar-refractivity contribution < 1.29 is 19.0 Å². The van der Waals surface area contributed by atoms with Crippen LogP contribution in [0.3, 0.4) is 0 Å². The third-order valence-electron chi connectivity index (χ3n) is 5.40. The number of hydrogen-bond acceptors (Lipinski definition) is 4. The molecule has 0 aromatic heterocycles. The summed E-state index contributed by atoms with van der Waals surface area (Å²) in [6.07, 6.45) is 22.9. The zero-order valence-electron chi connectivity index (χ0n) is 21.3. The predicted molar refractivity (Wildman–Crippen MR) is 135 cm³/mol. The Morgan fingerprint density at radius 3 is 1.78 bits per heavy atom. The summed E-state index contributed by atoms with van der Waals surface area (Å²) in [6.45, 7) is 8.75. The van der Waals surface area contributed by atoms with Gasteiger partial charge in [-0.15, -0.1) is 0 Å². The molecule has 0 saturated heterocycles. The molecule has 0 aromatic carbocycles. The van der Waals surface area contributed by atoms with Crippen LogP contribution in [-0.4, -0.2) is 52.1 Å². The second kappa shape index (κ2) is 28.1. The highest BCUT2D eigenvalue weighted by Crippen LogP contribution is 2.09. The fourth-order valence-electron chi connectivity index (χ4n) is 3.43. The van der Waals surface area contributed by atoms with E-state index in [2.05, 4.69) is 24.4 Å². The van der Waals surface area contributed by atoms with Crippen LogP contribution in [0.1, 0.15) is 110 Å². The molecule has 1 amide bonds. The third kappa shape index (κ3) is 27.1. The van der Waals surface area contributed by atoms with Crippen molar-refractivity contribution in [3.05, 3.63) is 12.2 Å². The molecule has 0 atom stereocenters. The molecule has 0 heterocycles. The first-order valence-electron chi connectivity index (χ1n) is 13.5. The van der Waals surface area contributed by atoms with E-state index < -0.39 is 0 Å². The monoisotopic (exact) mass is 455 g/mol. The van der Waals surface area contributed by atoms with E-state index in [1.165, 1.54) is 70.6 Å². The Morgan fingerprint density at radius 2 is 1.16 bits per heavy atom. The highest BCUT2D eigenvalue weighted by atomic mass is 16.5. The lowest BCUT2D eigenvalue weighted by Crippen LogP contribution is -2.25. The van der Waals surface area contributed by atoms with Crippen molar-refractivity contribution in [1.29, 1.82) is 0 Å². The summed E-state index contributed by atoms with van der Waals surface area (Å²) in [4.78, 5) is 11.8. The Bertz CT molecular complexity index is 401. The lowest BCUT2D eigenvalue weighted by molar-refractivity contribution is -0.121. The zero-order chi connectivity index (χ0) is 23.4. The molecule has 0 fully saturated rings. The van der Waals surface area contributed by atoms with Gasteiger partial charge in [-0.25, -0.2) is 0 Å². The van der Waals surface area contributed by atoms with E-state index in [0.29, 0.717) is 46.0 Å². The van der Waals surface area contributed by atoms with Gasteiger partial charge in [0.15, 0.2) is 0 Å². The summed E-state index contributed by atoms with van der Waals surface area (Å²) in [5.41, 5.74) is 0. The highest BCUT2D eigenvalue weighted by molar-refractivity contribution is 5.75. The molecule has 0 spiro atoms. The Hall–Kier alpha value is -0.910. The SMILES string of the molecule is CCCCCCCC/C=C/CCCCCCCC(=O)NCCCOCCOCCOCC. The highest BCUT2D eigenvalue weighted by Gasteiger charge is 2.00. The number of carbonyl (C=O) groups is 1. The second-order valence-electron chi connectivity index (χ2n) is 8.46. The second-order valence-corrected chi connectivity index (χ2v) is 8.46. The molecule has 0 bridgehead atoms. The normalized spacial score (nSPS) is 11.4. The average molecular weight is 456 g/mol. The maximum Gasteiger partial charge on any atom is 0.219 e. The number of allylic oxidation sites excluding steroid dienone is 2. The number of rotatable bonds is 26. The van der Waals surface area contributed by atoms with Crippen LogP contribution in [0.2, 0.25) is 0 Å². The predicted octanol–water partition coefficient (Wildman–Crippen LogP) is 6.60. The number of nitrogens with one attached hydrogen (secondary N) is 1. The minimum absolute atomic E-state index is 0.168. The molecule has 32 heavy (non-hydrogen) atoms. The van der Waals surface area contributed by atoms with E-state index in [4.69, 9.17) is 14.2 Å². The van der Waals surface area contributed by atoms with Gasteiger partial charge in [-0.3, -0.25) is 4.79 Å². The van der Waals surface area contributed by atoms with Crippen molar-refractivity contribution >= 4 is 5.91 Å². The summed E-state index contributed by atoms with van der Waals surface area (Å²) in [5, 5.41) is 2.98. The van der Waals surface area contributed by atoms with Crippen molar-refractivity contribution in [3.8, 4) is 0 Å². The summed E-state index contributed by atoms with van der Waals surface area (Å²) in [7, 11) is 0. The maximum atomic E-state index is 11.8. The van der Waals surface area contributed by atoms with Crippen LogP contribution in [0, 0.1) is 0 Å². The molecule has 0 aromatic rings. The van der Waals surface area contributed by atoms with E-state index >= 15 is 0 Å². The minimum atomic E-state index is 0.168. The fraction of sp³-hybridized carbons (Fsp3) is 0.889. The van der Waals surface area contributed by atoms with E-state index in [0.717, 1.165) is 25.9 Å². The standard InChI is InChI=1S/C27H53NO4/c1-3-5-6-7-8-9-10-11-12-13-14-15-16-17-18-20-27(29)28-21-19-22-31-25-26-32-24-23-30-4-2/h11-12H,3-10,13-26H2,1-2H3,(H,28,29)/b12-11+. The van der Waals surface area contributed by atoms with E-state index in [-0.39, 0.29) is 5.91 Å². The first kappa shape index (κ1) is 31.1. The minimum Gasteiger partial charge on any atom is -0.379 e. The van der Waals surface area contributed by atoms with Crippen LogP contribution in [0.4, 0.5) is 0 Å². The Kier molecular flexibility index (Phi) is 27.3. The Labute approximate surface area is 199 Å². The van der Waals surface area contributed by atoms with Gasteiger partial charge in [-0.05, 0) is 45.4 Å². The van der Waals surface area contributed by atoms with E-state index in [9.17, 15) is 4.79 Å². The van der Waals surface area contributed by atoms with Crippen LogP contribution in [-0.2, 0) is 19.0 Å². The van der Waals surface area contributed by atoms with Gasteiger partial charge in [0.2, 0.25) is 5.91 Å². The molecule has 0 unspecified atom stereocenters. The van der Waals surface area contributed by atoms with Crippen molar-refractivity contribution in [2.45, 2.75) is 110 Å². The van der Waals surface area contributed by atoms with Crippen molar-refractivity contribution in [2.75, 3.05) is 46.2 Å². The fourth-order valence-corrected chi connectivity index (χ4v) is 3.43. The first-order valence-corrected chi connectivity index (χ1v) is 13.5. The number of unbranched alkanes of at least 4 members (excludes halogenated alkanes) is 11. The van der Waals surface area contributed by atoms with Crippen molar-refractivity contribution in [1.82, 2.24) is 5.32 Å². The van der Waals surface area contributed by atoms with Gasteiger partial charge in [-0.1, -0.05) is 70.4 Å². The van der Waals surface area contributed by atoms with Gasteiger partial charge in [0.25, 0.3) is 0 Å². The van der Waals surface area contributed by atoms with Gasteiger partial charge in [0, 0.05) is 26.2 Å². The molecule has 0 aliphatic heterocycles. The number of hydrogen-bond donors (Lipinski definition) is 1. The van der Waals surface area contributed by atoms with Crippen molar-refractivity contribution in [3.63, 3.8) is 0 Å². The number of carbonyl (C=O) groups excluding carboxylic acids is 1. The van der Waals surface area contributed by atoms with Gasteiger partial charge >= 0.3 is 0 Å². The maximum absolute atomic E-state index is 11.8. The Balaban J connectivity index is 3.20. The molecule has 5 nitrogen and oxygen atoms in total. The molecule has 0 aliphatic rings. The van der Waals surface area contributed by atoms with Crippen LogP contribution in [0.15, 0.2) is 12.2 Å². The summed E-state index contributed by atoms with van der Waals surface area (Å²) < 4.78 is 16.1. The summed E-state index contributed by atoms with van der Waals surface area (Å²) >= 11 is 0. The summed E-state index contributed by atoms with van der Waals surface area (Å²) in [6, 6.07) is 0. The molecular formula is C27H53NO4. The summed E-state index contributed by atoms with van der Waals surface area (Å²) in [5.74, 6) is 0.168. The van der Waals surface area contributed by atoms with Crippen LogP contribution in [0.25, 0.3) is 0 Å². The van der Waals surface area contributed by atoms with Crippen LogP contribution < -0.4 is 5.32 Å². The molecule has 0 aliphatic carbocycles. The largest absolute Gasteiger partial charge is 0.379 e. The van der Waals surface area contributed by atoms with Crippen molar-refractivity contribution in [2.24, 2.45) is 0 Å². The molecule has 0 rings (SSSR count). The first-order chi connectivity index (χ1) is 15.8. The van der Waals surface area contributed by atoms with Crippen LogP contribution in [0.5, 0.6) is 0 Å².